The van der Waals surface area contributed by atoms with Gasteiger partial charge in [-0.05, 0) is 54.9 Å². The molecule has 0 radical (unpaired) electrons. The number of benzene rings is 1. The molecule has 106 valence electrons. The first-order valence-corrected chi connectivity index (χ1v) is 7.79. The first-order chi connectivity index (χ1) is 9.06. The number of rotatable bonds is 4. The molecule has 1 N–H and O–H groups in total. The predicted molar refractivity (Wildman–Crippen MR) is 81.1 cm³/mol. The summed E-state index contributed by atoms with van der Waals surface area (Å²) in [5.41, 5.74) is 1.35. The second kappa shape index (κ2) is 6.56. The predicted octanol–water partition coefficient (Wildman–Crippen LogP) is 4.61. The lowest BCUT2D eigenvalue weighted by atomic mass is 9.73. The van der Waals surface area contributed by atoms with Crippen molar-refractivity contribution in [3.8, 4) is 0 Å². The average Bonchev–Trinajstić information content (AvgIpc) is 2.38. The molecule has 0 aromatic heterocycles. The minimum atomic E-state index is -0.139. The Morgan fingerprint density at radius 3 is 2.21 bits per heavy atom. The Morgan fingerprint density at radius 2 is 1.63 bits per heavy atom. The monoisotopic (exact) mass is 260 g/mol. The molecule has 1 nitrogen and oxygen atoms in total. The van der Waals surface area contributed by atoms with E-state index in [0.29, 0.717) is 11.8 Å². The highest BCUT2D eigenvalue weighted by molar-refractivity contribution is 5.18. The summed E-state index contributed by atoms with van der Waals surface area (Å²) in [6.07, 6.45) is 4.49. The van der Waals surface area contributed by atoms with Crippen LogP contribution in [0.1, 0.15) is 57.9 Å². The van der Waals surface area contributed by atoms with Gasteiger partial charge in [0.05, 0.1) is 6.10 Å². The summed E-state index contributed by atoms with van der Waals surface area (Å²) in [5, 5.41) is 10.5. The van der Waals surface area contributed by atoms with Crippen LogP contribution in [0.25, 0.3) is 0 Å². The first kappa shape index (κ1) is 14.6. The van der Waals surface area contributed by atoms with Crippen LogP contribution in [0, 0.1) is 17.8 Å². The average molecular weight is 260 g/mol. The topological polar surface area (TPSA) is 20.2 Å². The maximum Gasteiger partial charge on any atom is 0.0574 e. The van der Waals surface area contributed by atoms with Crippen LogP contribution >= 0.6 is 0 Å². The van der Waals surface area contributed by atoms with Crippen molar-refractivity contribution in [1.82, 2.24) is 0 Å². The fraction of sp³-hybridized carbons (Fsp3) is 0.667. The van der Waals surface area contributed by atoms with Gasteiger partial charge in [-0.25, -0.2) is 0 Å². The fourth-order valence-electron chi connectivity index (χ4n) is 3.80. The Kier molecular flexibility index (Phi) is 5.04. The Hall–Kier alpha value is -0.820. The molecule has 1 aromatic carbocycles. The van der Waals surface area contributed by atoms with E-state index in [1.807, 2.05) is 0 Å². The normalized spacial score (nSPS) is 30.8. The van der Waals surface area contributed by atoms with E-state index in [4.69, 9.17) is 0 Å². The zero-order chi connectivity index (χ0) is 13.8. The third kappa shape index (κ3) is 4.07. The summed E-state index contributed by atoms with van der Waals surface area (Å²) >= 11 is 0. The van der Waals surface area contributed by atoms with Crippen LogP contribution in [0.3, 0.4) is 0 Å². The molecule has 19 heavy (non-hydrogen) atoms. The molecule has 4 atom stereocenters. The quantitative estimate of drug-likeness (QED) is 0.838. The van der Waals surface area contributed by atoms with Crippen molar-refractivity contribution in [2.45, 2.75) is 58.5 Å². The lowest BCUT2D eigenvalue weighted by molar-refractivity contribution is 0.0457. The molecule has 1 aliphatic rings. The Balaban J connectivity index is 1.91. The lowest BCUT2D eigenvalue weighted by Crippen LogP contribution is -2.30. The van der Waals surface area contributed by atoms with Crippen molar-refractivity contribution < 1.29 is 5.11 Å². The van der Waals surface area contributed by atoms with E-state index in [1.54, 1.807) is 0 Å². The molecule has 1 aromatic rings. The van der Waals surface area contributed by atoms with Crippen LogP contribution in [-0.4, -0.2) is 11.2 Å². The smallest absolute Gasteiger partial charge is 0.0574 e. The third-order valence-electron chi connectivity index (χ3n) is 4.72. The molecule has 0 spiro atoms. The Morgan fingerprint density at radius 1 is 1.05 bits per heavy atom. The van der Waals surface area contributed by atoms with Gasteiger partial charge in [0.15, 0.2) is 0 Å². The van der Waals surface area contributed by atoms with Gasteiger partial charge in [0.25, 0.3) is 0 Å². The van der Waals surface area contributed by atoms with E-state index in [9.17, 15) is 5.11 Å². The highest BCUT2D eigenvalue weighted by Crippen LogP contribution is 2.37. The summed E-state index contributed by atoms with van der Waals surface area (Å²) in [7, 11) is 0. The first-order valence-electron chi connectivity index (χ1n) is 7.79. The SMILES string of the molecule is CC1CC(C)CC(C(O)CC(C)c2ccccc2)C1. The Labute approximate surface area is 118 Å². The van der Waals surface area contributed by atoms with Crippen LogP contribution in [0.15, 0.2) is 30.3 Å². The molecule has 2 rings (SSSR count). The van der Waals surface area contributed by atoms with Crippen LogP contribution in [0.2, 0.25) is 0 Å². The number of aliphatic hydroxyl groups excluding tert-OH is 1. The Bertz CT molecular complexity index is 363. The minimum Gasteiger partial charge on any atom is -0.393 e. The summed E-state index contributed by atoms with van der Waals surface area (Å²) in [5.74, 6) is 2.50. The molecule has 0 aliphatic heterocycles. The van der Waals surface area contributed by atoms with Gasteiger partial charge in [0.2, 0.25) is 0 Å². The van der Waals surface area contributed by atoms with Crippen LogP contribution in [-0.2, 0) is 0 Å². The molecule has 0 saturated heterocycles. The molecule has 0 heterocycles. The van der Waals surface area contributed by atoms with Gasteiger partial charge < -0.3 is 5.11 Å². The second-order valence-electron chi connectivity index (χ2n) is 6.79. The third-order valence-corrected chi connectivity index (χ3v) is 4.72. The maximum absolute atomic E-state index is 10.5. The molecule has 1 aliphatic carbocycles. The van der Waals surface area contributed by atoms with E-state index in [0.717, 1.165) is 18.3 Å². The largest absolute Gasteiger partial charge is 0.393 e. The van der Waals surface area contributed by atoms with Crippen molar-refractivity contribution in [2.75, 3.05) is 0 Å². The summed E-state index contributed by atoms with van der Waals surface area (Å²) in [4.78, 5) is 0. The van der Waals surface area contributed by atoms with E-state index >= 15 is 0 Å². The zero-order valence-electron chi connectivity index (χ0n) is 12.5. The maximum atomic E-state index is 10.5. The molecule has 4 unspecified atom stereocenters. The fourth-order valence-corrected chi connectivity index (χ4v) is 3.80. The molecule has 0 bridgehead atoms. The van der Waals surface area contributed by atoms with E-state index in [-0.39, 0.29) is 6.10 Å². The van der Waals surface area contributed by atoms with Gasteiger partial charge in [-0.15, -0.1) is 0 Å². The highest BCUT2D eigenvalue weighted by Gasteiger charge is 2.29. The summed E-state index contributed by atoms with van der Waals surface area (Å²) in [6.45, 7) is 6.89. The summed E-state index contributed by atoms with van der Waals surface area (Å²) < 4.78 is 0. The van der Waals surface area contributed by atoms with Crippen molar-refractivity contribution in [3.05, 3.63) is 35.9 Å². The minimum absolute atomic E-state index is 0.139. The number of hydrogen-bond acceptors (Lipinski definition) is 1. The highest BCUT2D eigenvalue weighted by atomic mass is 16.3. The van der Waals surface area contributed by atoms with Crippen molar-refractivity contribution in [2.24, 2.45) is 17.8 Å². The molecule has 1 saturated carbocycles. The van der Waals surface area contributed by atoms with Crippen LogP contribution in [0.5, 0.6) is 0 Å². The van der Waals surface area contributed by atoms with E-state index in [1.165, 1.54) is 24.8 Å². The van der Waals surface area contributed by atoms with Gasteiger partial charge in [-0.1, -0.05) is 51.1 Å². The number of hydrogen-bond donors (Lipinski definition) is 1. The van der Waals surface area contributed by atoms with Gasteiger partial charge in [0, 0.05) is 0 Å². The van der Waals surface area contributed by atoms with Crippen molar-refractivity contribution >= 4 is 0 Å². The van der Waals surface area contributed by atoms with Crippen molar-refractivity contribution in [1.29, 1.82) is 0 Å². The second-order valence-corrected chi connectivity index (χ2v) is 6.79. The number of aliphatic hydroxyl groups is 1. The molecule has 1 fully saturated rings. The van der Waals surface area contributed by atoms with Gasteiger partial charge in [-0.2, -0.15) is 0 Å². The lowest BCUT2D eigenvalue weighted by Gasteiger charge is -2.35. The van der Waals surface area contributed by atoms with Crippen molar-refractivity contribution in [3.63, 3.8) is 0 Å². The van der Waals surface area contributed by atoms with E-state index in [2.05, 4.69) is 51.1 Å². The molecule has 1 heteroatoms. The van der Waals surface area contributed by atoms with Crippen LogP contribution in [0.4, 0.5) is 0 Å². The standard InChI is InChI=1S/C18H28O/c1-13-9-14(2)11-17(10-13)18(19)12-15(3)16-7-5-4-6-8-16/h4-8,13-15,17-19H,9-12H2,1-3H3. The zero-order valence-corrected chi connectivity index (χ0v) is 12.5. The molecule has 0 amide bonds. The van der Waals surface area contributed by atoms with Gasteiger partial charge >= 0.3 is 0 Å². The van der Waals surface area contributed by atoms with Gasteiger partial charge in [-0.3, -0.25) is 0 Å². The summed E-state index contributed by atoms with van der Waals surface area (Å²) in [6, 6.07) is 10.6. The van der Waals surface area contributed by atoms with E-state index < -0.39 is 0 Å². The molecular weight excluding hydrogens is 232 g/mol. The molecular formula is C18H28O. The van der Waals surface area contributed by atoms with Crippen LogP contribution < -0.4 is 0 Å². The van der Waals surface area contributed by atoms with Gasteiger partial charge in [0.1, 0.15) is 0 Å².